The van der Waals surface area contributed by atoms with Gasteiger partial charge in [0, 0.05) is 5.18 Å². The first-order valence-corrected chi connectivity index (χ1v) is 2.19. The number of carbonyl (C=O) groups excluding carboxylic acids is 1. The Morgan fingerprint density at radius 3 is 2.56 bits per heavy atom. The molecule has 9 heavy (non-hydrogen) atoms. The van der Waals surface area contributed by atoms with E-state index in [1.165, 1.54) is 6.92 Å². The summed E-state index contributed by atoms with van der Waals surface area (Å²) in [5.41, 5.74) is 0. The lowest BCUT2D eigenvalue weighted by molar-refractivity contribution is -0.118. The Kier molecular flexibility index (Phi) is 3.11. The minimum atomic E-state index is -0.871. The van der Waals surface area contributed by atoms with Crippen molar-refractivity contribution in [3.05, 3.63) is 4.91 Å². The molecule has 0 aromatic carbocycles. The molecule has 0 aliphatic rings. The molecule has 0 unspecified atom stereocenters. The normalized spacial score (nSPS) is 13.4. The number of nitrogens with zero attached hydrogens (tertiary/aromatic N) is 3. The van der Waals surface area contributed by atoms with Gasteiger partial charge in [-0.05, 0) is 6.92 Å². The van der Waals surface area contributed by atoms with Crippen molar-refractivity contribution in [1.82, 2.24) is 0 Å². The SMILES string of the molecule is C[C@@H](N=NN)C(=O)N=O. The summed E-state index contributed by atoms with van der Waals surface area (Å²) in [6.45, 7) is 1.38. The van der Waals surface area contributed by atoms with Gasteiger partial charge in [-0.3, -0.25) is 4.79 Å². The topological polar surface area (TPSA) is 97.2 Å². The van der Waals surface area contributed by atoms with Gasteiger partial charge in [0.05, 0.1) is 0 Å². The Morgan fingerprint density at radius 1 is 1.67 bits per heavy atom. The number of amides is 1. The Hall–Kier alpha value is -1.33. The fraction of sp³-hybridized carbons (Fsp3) is 0.667. The molecule has 0 aromatic rings. The van der Waals surface area contributed by atoms with Crippen molar-refractivity contribution >= 4 is 5.91 Å². The molecule has 50 valence electrons. The number of nitroso groups, excluding NO2 is 1. The molecule has 0 rings (SSSR count). The molecule has 1 amide bonds. The average Bonchev–Trinajstić information content (AvgIpc) is 1.87. The van der Waals surface area contributed by atoms with E-state index in [2.05, 4.69) is 21.4 Å². The van der Waals surface area contributed by atoms with E-state index in [1.807, 2.05) is 0 Å². The summed E-state index contributed by atoms with van der Waals surface area (Å²) in [5.74, 6) is 3.71. The zero-order chi connectivity index (χ0) is 7.28. The summed E-state index contributed by atoms with van der Waals surface area (Å²) in [4.78, 5) is 19.7. The van der Waals surface area contributed by atoms with E-state index in [1.54, 1.807) is 0 Å². The third-order valence-electron chi connectivity index (χ3n) is 0.687. The monoisotopic (exact) mass is 130 g/mol. The molecule has 0 aliphatic heterocycles. The van der Waals surface area contributed by atoms with Crippen molar-refractivity contribution in [2.24, 2.45) is 21.4 Å². The second kappa shape index (κ2) is 3.65. The van der Waals surface area contributed by atoms with E-state index < -0.39 is 11.9 Å². The smallest absolute Gasteiger partial charge is 0.305 e. The zero-order valence-corrected chi connectivity index (χ0v) is 4.81. The molecule has 6 nitrogen and oxygen atoms in total. The summed E-state index contributed by atoms with van der Waals surface area (Å²) < 4.78 is 0. The molecule has 2 N–H and O–H groups in total. The lowest BCUT2D eigenvalue weighted by atomic mass is 10.4. The molecule has 0 saturated heterocycles. The van der Waals surface area contributed by atoms with Gasteiger partial charge < -0.3 is 5.84 Å². The number of hydrogen-bond acceptors (Lipinski definition) is 4. The van der Waals surface area contributed by atoms with Crippen LogP contribution < -0.4 is 5.84 Å². The summed E-state index contributed by atoms with van der Waals surface area (Å²) in [6.07, 6.45) is 0. The standard InChI is InChI=1S/C3H6N4O2/c1-2(5-7-4)3(8)6-9/h2H,1H3,(H2,4,5)/t2-/m1/s1. The van der Waals surface area contributed by atoms with Crippen LogP contribution in [0.15, 0.2) is 15.5 Å². The summed E-state index contributed by atoms with van der Waals surface area (Å²) >= 11 is 0. The van der Waals surface area contributed by atoms with Crippen molar-refractivity contribution in [2.75, 3.05) is 0 Å². The fourth-order valence-corrected chi connectivity index (χ4v) is 0.226. The van der Waals surface area contributed by atoms with Gasteiger partial charge in [-0.2, -0.15) is 5.11 Å². The molecule has 6 heteroatoms. The van der Waals surface area contributed by atoms with Gasteiger partial charge in [-0.15, -0.1) is 4.91 Å². The number of hydrogen-bond donors (Lipinski definition) is 1. The maximum atomic E-state index is 10.2. The van der Waals surface area contributed by atoms with Crippen LogP contribution in [0.25, 0.3) is 0 Å². The van der Waals surface area contributed by atoms with Crippen LogP contribution in [0.1, 0.15) is 6.92 Å². The highest BCUT2D eigenvalue weighted by Gasteiger charge is 2.10. The maximum absolute atomic E-state index is 10.2. The van der Waals surface area contributed by atoms with Gasteiger partial charge >= 0.3 is 5.91 Å². The Labute approximate surface area is 51.1 Å². The lowest BCUT2D eigenvalue weighted by Gasteiger charge is -1.90. The quantitative estimate of drug-likeness (QED) is 0.246. The van der Waals surface area contributed by atoms with E-state index in [-0.39, 0.29) is 0 Å². The Bertz CT molecular complexity index is 143. The van der Waals surface area contributed by atoms with Crippen LogP contribution in [0.2, 0.25) is 0 Å². The Morgan fingerprint density at radius 2 is 2.22 bits per heavy atom. The van der Waals surface area contributed by atoms with Crippen molar-refractivity contribution in [2.45, 2.75) is 13.0 Å². The largest absolute Gasteiger partial charge is 0.312 e. The summed E-state index contributed by atoms with van der Waals surface area (Å²) in [6, 6.07) is -0.854. The van der Waals surface area contributed by atoms with E-state index in [0.717, 1.165) is 0 Å². The molecule has 0 radical (unpaired) electrons. The third-order valence-corrected chi connectivity index (χ3v) is 0.687. The molecule has 0 fully saturated rings. The van der Waals surface area contributed by atoms with Gasteiger partial charge in [0.1, 0.15) is 0 Å². The first kappa shape index (κ1) is 7.67. The molecule has 0 heterocycles. The van der Waals surface area contributed by atoms with E-state index >= 15 is 0 Å². The predicted octanol–water partition coefficient (Wildman–Crippen LogP) is -0.00620. The van der Waals surface area contributed by atoms with Crippen molar-refractivity contribution in [1.29, 1.82) is 0 Å². The average molecular weight is 130 g/mol. The molecule has 1 atom stereocenters. The number of nitrogens with two attached hydrogens (primary N) is 1. The van der Waals surface area contributed by atoms with Crippen LogP contribution in [-0.2, 0) is 4.79 Å². The van der Waals surface area contributed by atoms with Crippen molar-refractivity contribution in [3.63, 3.8) is 0 Å². The highest BCUT2D eigenvalue weighted by molar-refractivity contribution is 5.81. The van der Waals surface area contributed by atoms with Crippen LogP contribution in [0.5, 0.6) is 0 Å². The molecule has 0 aliphatic carbocycles. The molecule has 0 saturated carbocycles. The second-order valence-electron chi connectivity index (χ2n) is 1.34. The molecule has 0 bridgehead atoms. The first-order chi connectivity index (χ1) is 4.22. The van der Waals surface area contributed by atoms with Crippen LogP contribution in [0.3, 0.4) is 0 Å². The van der Waals surface area contributed by atoms with Gasteiger partial charge in [0.25, 0.3) is 0 Å². The molecule has 0 aromatic heterocycles. The highest BCUT2D eigenvalue weighted by atomic mass is 16.3. The van der Waals surface area contributed by atoms with E-state index in [0.29, 0.717) is 0 Å². The fourth-order valence-electron chi connectivity index (χ4n) is 0.226. The first-order valence-electron chi connectivity index (χ1n) is 2.19. The predicted molar refractivity (Wildman–Crippen MR) is 29.3 cm³/mol. The minimum absolute atomic E-state index is 0.854. The number of carbonyl (C=O) groups is 1. The van der Waals surface area contributed by atoms with Crippen molar-refractivity contribution < 1.29 is 4.79 Å². The highest BCUT2D eigenvalue weighted by Crippen LogP contribution is 1.91. The van der Waals surface area contributed by atoms with Crippen LogP contribution in [0, 0.1) is 4.91 Å². The third kappa shape index (κ3) is 2.47. The summed E-state index contributed by atoms with van der Waals surface area (Å²) in [7, 11) is 0. The minimum Gasteiger partial charge on any atom is -0.305 e. The lowest BCUT2D eigenvalue weighted by Crippen LogP contribution is -2.10. The maximum Gasteiger partial charge on any atom is 0.312 e. The van der Waals surface area contributed by atoms with Crippen molar-refractivity contribution in [3.8, 4) is 0 Å². The number of rotatable bonds is 2. The molecule has 0 spiro atoms. The van der Waals surface area contributed by atoms with Gasteiger partial charge in [-0.25, -0.2) is 0 Å². The second-order valence-corrected chi connectivity index (χ2v) is 1.34. The molecular formula is C3H6N4O2. The van der Waals surface area contributed by atoms with Gasteiger partial charge in [0.2, 0.25) is 0 Å². The van der Waals surface area contributed by atoms with Gasteiger partial charge in [0.15, 0.2) is 6.04 Å². The van der Waals surface area contributed by atoms with Gasteiger partial charge in [-0.1, -0.05) is 5.22 Å². The van der Waals surface area contributed by atoms with Crippen LogP contribution in [-0.4, -0.2) is 11.9 Å². The van der Waals surface area contributed by atoms with Crippen LogP contribution in [0.4, 0.5) is 0 Å². The van der Waals surface area contributed by atoms with Crippen LogP contribution >= 0.6 is 0 Å². The van der Waals surface area contributed by atoms with E-state index in [9.17, 15) is 9.70 Å². The summed E-state index contributed by atoms with van der Waals surface area (Å²) in [5, 5.41) is 8.07. The molecular weight excluding hydrogens is 124 g/mol. The Balaban J connectivity index is 3.87. The zero-order valence-electron chi connectivity index (χ0n) is 4.81. The van der Waals surface area contributed by atoms with E-state index in [4.69, 9.17) is 0 Å².